The number of hydrogen-bond donors (Lipinski definition) is 0. The minimum absolute atomic E-state index is 0.0751. The van der Waals surface area contributed by atoms with Gasteiger partial charge in [-0.2, -0.15) is 4.31 Å². The Morgan fingerprint density at radius 3 is 2.11 bits per heavy atom. The third-order valence-corrected chi connectivity index (χ3v) is 6.33. The van der Waals surface area contributed by atoms with Crippen LogP contribution in [-0.2, 0) is 10.0 Å². The molecule has 0 aromatic heterocycles. The van der Waals surface area contributed by atoms with E-state index in [1.54, 1.807) is 20.8 Å². The molecule has 0 unspecified atom stereocenters. The second-order valence-electron chi connectivity index (χ2n) is 6.29. The number of benzene rings is 2. The summed E-state index contributed by atoms with van der Waals surface area (Å²) < 4.78 is 52.8. The molecule has 0 aliphatic rings. The number of sulfonamides is 1. The number of carbonyl (C=O) groups is 1. The molecule has 0 heterocycles. The molecule has 0 saturated carbocycles. The largest absolute Gasteiger partial charge is 0.309 e. The summed E-state index contributed by atoms with van der Waals surface area (Å²) in [6.07, 6.45) is 0. The van der Waals surface area contributed by atoms with Crippen molar-refractivity contribution < 1.29 is 22.0 Å². The van der Waals surface area contributed by atoms with Crippen LogP contribution in [-0.4, -0.2) is 38.3 Å². The first-order valence-corrected chi connectivity index (χ1v) is 9.88. The van der Waals surface area contributed by atoms with E-state index in [4.69, 9.17) is 0 Å². The number of nitrogens with zero attached hydrogens (tertiary/aromatic N) is 2. The predicted molar refractivity (Wildman–Crippen MR) is 100 cm³/mol. The van der Waals surface area contributed by atoms with Crippen molar-refractivity contribution in [2.45, 2.75) is 31.7 Å². The fraction of sp³-hybridized carbons (Fsp3) is 0.316. The van der Waals surface area contributed by atoms with Gasteiger partial charge >= 0.3 is 0 Å². The Labute approximate surface area is 158 Å². The molecule has 0 bridgehead atoms. The maximum atomic E-state index is 13.5. The molecule has 0 fully saturated rings. The highest BCUT2D eigenvalue weighted by Crippen LogP contribution is 2.22. The van der Waals surface area contributed by atoms with Gasteiger partial charge in [0.05, 0.1) is 4.90 Å². The van der Waals surface area contributed by atoms with Crippen LogP contribution in [0.2, 0.25) is 0 Å². The first-order valence-electron chi connectivity index (χ1n) is 8.44. The molecule has 2 aromatic carbocycles. The fourth-order valence-electron chi connectivity index (χ4n) is 2.47. The van der Waals surface area contributed by atoms with E-state index in [2.05, 4.69) is 0 Å². The van der Waals surface area contributed by atoms with E-state index in [-0.39, 0.29) is 28.7 Å². The lowest BCUT2D eigenvalue weighted by molar-refractivity contribution is 0.0988. The number of amides is 1. The summed E-state index contributed by atoms with van der Waals surface area (Å²) >= 11 is 0. The van der Waals surface area contributed by atoms with Crippen molar-refractivity contribution >= 4 is 21.6 Å². The van der Waals surface area contributed by atoms with Crippen molar-refractivity contribution in [1.29, 1.82) is 0 Å². The highest BCUT2D eigenvalue weighted by atomic mass is 32.2. The maximum Gasteiger partial charge on any atom is 0.258 e. The van der Waals surface area contributed by atoms with Crippen molar-refractivity contribution in [2.75, 3.05) is 18.5 Å². The van der Waals surface area contributed by atoms with Gasteiger partial charge in [-0.05, 0) is 57.2 Å². The zero-order valence-corrected chi connectivity index (χ0v) is 16.4. The SMILES string of the molecule is CCN(C(=O)c1ccc(S(=O)(=O)N(C)C(C)C)cc1)c1ccc(F)c(F)c1. The predicted octanol–water partition coefficient (Wildman–Crippen LogP) is 3.66. The third kappa shape index (κ3) is 4.33. The Hall–Kier alpha value is -2.32. The molecule has 1 amide bonds. The molecule has 0 aliphatic carbocycles. The van der Waals surface area contributed by atoms with E-state index in [9.17, 15) is 22.0 Å². The van der Waals surface area contributed by atoms with Gasteiger partial charge in [-0.3, -0.25) is 4.79 Å². The Bertz CT molecular complexity index is 928. The van der Waals surface area contributed by atoms with Gasteiger partial charge in [-0.15, -0.1) is 0 Å². The van der Waals surface area contributed by atoms with E-state index in [1.807, 2.05) is 0 Å². The third-order valence-electron chi connectivity index (χ3n) is 4.28. The van der Waals surface area contributed by atoms with Crippen LogP contribution in [0.5, 0.6) is 0 Å². The van der Waals surface area contributed by atoms with Gasteiger partial charge in [0.2, 0.25) is 10.0 Å². The molecular weight excluding hydrogens is 374 g/mol. The Balaban J connectivity index is 2.32. The highest BCUT2D eigenvalue weighted by molar-refractivity contribution is 7.89. The van der Waals surface area contributed by atoms with Gasteiger partial charge in [0.15, 0.2) is 11.6 Å². The monoisotopic (exact) mass is 396 g/mol. The molecule has 5 nitrogen and oxygen atoms in total. The number of rotatable bonds is 6. The van der Waals surface area contributed by atoms with Crippen LogP contribution in [0.1, 0.15) is 31.1 Å². The average molecular weight is 396 g/mol. The zero-order chi connectivity index (χ0) is 20.4. The van der Waals surface area contributed by atoms with Crippen LogP contribution in [0.4, 0.5) is 14.5 Å². The summed E-state index contributed by atoms with van der Waals surface area (Å²) in [6.45, 7) is 5.46. The molecular formula is C19H22F2N2O3S. The highest BCUT2D eigenvalue weighted by Gasteiger charge is 2.24. The normalized spacial score (nSPS) is 11.9. The quantitative estimate of drug-likeness (QED) is 0.749. The zero-order valence-electron chi connectivity index (χ0n) is 15.6. The van der Waals surface area contributed by atoms with Gasteiger partial charge in [-0.1, -0.05) is 0 Å². The molecule has 8 heteroatoms. The lowest BCUT2D eigenvalue weighted by Gasteiger charge is -2.22. The maximum absolute atomic E-state index is 13.5. The minimum atomic E-state index is -3.65. The average Bonchev–Trinajstić information content (AvgIpc) is 2.64. The summed E-state index contributed by atoms with van der Waals surface area (Å²) in [5, 5.41) is 0. The van der Waals surface area contributed by atoms with Crippen molar-refractivity contribution in [3.63, 3.8) is 0 Å². The Morgan fingerprint density at radius 2 is 1.63 bits per heavy atom. The molecule has 2 aromatic rings. The van der Waals surface area contributed by atoms with E-state index in [1.165, 1.54) is 46.6 Å². The summed E-state index contributed by atoms with van der Waals surface area (Å²) in [4.78, 5) is 14.1. The van der Waals surface area contributed by atoms with E-state index in [0.717, 1.165) is 12.1 Å². The fourth-order valence-corrected chi connectivity index (χ4v) is 3.83. The second kappa shape index (κ2) is 8.14. The van der Waals surface area contributed by atoms with Crippen molar-refractivity contribution in [2.24, 2.45) is 0 Å². The Morgan fingerprint density at radius 1 is 1.04 bits per heavy atom. The van der Waals surface area contributed by atoms with Crippen LogP contribution in [0, 0.1) is 11.6 Å². The molecule has 0 radical (unpaired) electrons. The number of anilines is 1. The number of hydrogen-bond acceptors (Lipinski definition) is 3. The van der Waals surface area contributed by atoms with Crippen LogP contribution >= 0.6 is 0 Å². The van der Waals surface area contributed by atoms with Gasteiger partial charge in [-0.25, -0.2) is 17.2 Å². The van der Waals surface area contributed by atoms with Crippen molar-refractivity contribution in [1.82, 2.24) is 4.31 Å². The Kier molecular flexibility index (Phi) is 6.33. The summed E-state index contributed by atoms with van der Waals surface area (Å²) in [5.41, 5.74) is 0.463. The van der Waals surface area contributed by atoms with Gasteiger partial charge < -0.3 is 4.90 Å². The molecule has 0 saturated heterocycles. The molecule has 2 rings (SSSR count). The summed E-state index contributed by atoms with van der Waals surface area (Å²) in [5.74, 6) is -2.48. The number of carbonyl (C=O) groups excluding carboxylic acids is 1. The summed E-state index contributed by atoms with van der Waals surface area (Å²) in [6, 6.07) is 8.56. The van der Waals surface area contributed by atoms with Gasteiger partial charge in [0.1, 0.15) is 0 Å². The molecule has 0 N–H and O–H groups in total. The van der Waals surface area contributed by atoms with Gasteiger partial charge in [0.25, 0.3) is 5.91 Å². The molecule has 0 atom stereocenters. The van der Waals surface area contributed by atoms with Crippen LogP contribution in [0.25, 0.3) is 0 Å². The molecule has 0 spiro atoms. The standard InChI is InChI=1S/C19H22F2N2O3S/c1-5-23(15-8-11-17(20)18(21)12-15)19(24)14-6-9-16(10-7-14)27(25,26)22(4)13(2)3/h6-13H,5H2,1-4H3. The van der Waals surface area contributed by atoms with Crippen LogP contribution in [0.15, 0.2) is 47.4 Å². The van der Waals surface area contributed by atoms with Gasteiger partial charge in [0, 0.05) is 37.0 Å². The first kappa shape index (κ1) is 21.0. The van der Waals surface area contributed by atoms with E-state index < -0.39 is 27.6 Å². The lowest BCUT2D eigenvalue weighted by atomic mass is 10.1. The first-order chi connectivity index (χ1) is 12.6. The topological polar surface area (TPSA) is 57.7 Å². The summed E-state index contributed by atoms with van der Waals surface area (Å²) in [7, 11) is -2.16. The lowest BCUT2D eigenvalue weighted by Crippen LogP contribution is -2.33. The second-order valence-corrected chi connectivity index (χ2v) is 8.28. The molecule has 146 valence electrons. The molecule has 0 aliphatic heterocycles. The van der Waals surface area contributed by atoms with E-state index >= 15 is 0 Å². The van der Waals surface area contributed by atoms with Crippen molar-refractivity contribution in [3.05, 3.63) is 59.7 Å². The minimum Gasteiger partial charge on any atom is -0.309 e. The van der Waals surface area contributed by atoms with Crippen LogP contribution in [0.3, 0.4) is 0 Å². The van der Waals surface area contributed by atoms with E-state index in [0.29, 0.717) is 0 Å². The smallest absolute Gasteiger partial charge is 0.258 e. The van der Waals surface area contributed by atoms with Crippen molar-refractivity contribution in [3.8, 4) is 0 Å². The van der Waals surface area contributed by atoms with Crippen LogP contribution < -0.4 is 4.90 Å². The molecule has 27 heavy (non-hydrogen) atoms. The number of halogens is 2.